The van der Waals surface area contributed by atoms with Gasteiger partial charge in [-0.15, -0.1) is 12.6 Å². The van der Waals surface area contributed by atoms with Crippen molar-refractivity contribution < 1.29 is 13.2 Å². The van der Waals surface area contributed by atoms with Crippen molar-refractivity contribution in [2.45, 2.75) is 19.0 Å². The van der Waals surface area contributed by atoms with Crippen LogP contribution in [-0.2, 0) is 0 Å². The lowest BCUT2D eigenvalue weighted by Gasteiger charge is -2.14. The molecular formula is C7H7F3S. The molecular weight excluding hydrogens is 173 g/mol. The van der Waals surface area contributed by atoms with Crippen molar-refractivity contribution >= 4 is 12.6 Å². The molecule has 0 N–H and O–H groups in total. The first-order chi connectivity index (χ1) is 5.02. The Morgan fingerprint density at radius 1 is 1.18 bits per heavy atom. The summed E-state index contributed by atoms with van der Waals surface area (Å²) < 4.78 is 36.1. The van der Waals surface area contributed by atoms with Gasteiger partial charge in [0.1, 0.15) is 0 Å². The molecule has 4 heteroatoms. The van der Waals surface area contributed by atoms with Gasteiger partial charge in [0.25, 0.3) is 0 Å². The third-order valence-electron chi connectivity index (χ3n) is 1.43. The number of halogens is 3. The zero-order valence-corrected chi connectivity index (χ0v) is 6.54. The molecule has 0 nitrogen and oxygen atoms in total. The fourth-order valence-corrected chi connectivity index (χ4v) is 1.27. The summed E-state index contributed by atoms with van der Waals surface area (Å²) in [6, 6.07) is 0. The normalized spacial score (nSPS) is 19.3. The largest absolute Gasteiger partial charge is 0.417 e. The highest BCUT2D eigenvalue weighted by atomic mass is 32.1. The highest BCUT2D eigenvalue weighted by Crippen LogP contribution is 2.35. The van der Waals surface area contributed by atoms with Crippen LogP contribution in [0.5, 0.6) is 0 Å². The smallest absolute Gasteiger partial charge is 0.166 e. The molecule has 0 aromatic carbocycles. The molecule has 11 heavy (non-hydrogen) atoms. The summed E-state index contributed by atoms with van der Waals surface area (Å²) in [4.78, 5) is 0.0451. The van der Waals surface area contributed by atoms with Crippen LogP contribution in [0.2, 0.25) is 0 Å². The minimum absolute atomic E-state index is 0.0451. The quantitative estimate of drug-likeness (QED) is 0.544. The van der Waals surface area contributed by atoms with Gasteiger partial charge in [0, 0.05) is 4.91 Å². The fraction of sp³-hybridized carbons (Fsp3) is 0.429. The van der Waals surface area contributed by atoms with E-state index in [-0.39, 0.29) is 4.91 Å². The van der Waals surface area contributed by atoms with E-state index in [0.717, 1.165) is 0 Å². The van der Waals surface area contributed by atoms with E-state index < -0.39 is 11.7 Å². The van der Waals surface area contributed by atoms with E-state index in [2.05, 4.69) is 12.6 Å². The van der Waals surface area contributed by atoms with E-state index in [1.165, 1.54) is 12.2 Å². The summed E-state index contributed by atoms with van der Waals surface area (Å²) in [5, 5.41) is 0. The summed E-state index contributed by atoms with van der Waals surface area (Å²) in [5.74, 6) is 0. The average Bonchev–Trinajstić information content (AvgIpc) is 1.86. The van der Waals surface area contributed by atoms with Gasteiger partial charge in [0.15, 0.2) is 0 Å². The number of hydrogen-bond acceptors (Lipinski definition) is 1. The zero-order chi connectivity index (χ0) is 8.48. The second kappa shape index (κ2) is 2.93. The predicted octanol–water partition coefficient (Wildman–Crippen LogP) is 3.08. The first-order valence-corrected chi connectivity index (χ1v) is 3.63. The summed E-state index contributed by atoms with van der Waals surface area (Å²) in [6.45, 7) is 0. The summed E-state index contributed by atoms with van der Waals surface area (Å²) >= 11 is 3.72. The average molecular weight is 180 g/mol. The van der Waals surface area contributed by atoms with Crippen LogP contribution >= 0.6 is 12.6 Å². The number of rotatable bonds is 0. The maximum absolute atomic E-state index is 12.0. The molecule has 1 aliphatic carbocycles. The second-order valence-corrected chi connectivity index (χ2v) is 2.76. The Morgan fingerprint density at radius 3 is 2.09 bits per heavy atom. The Morgan fingerprint density at radius 2 is 1.73 bits per heavy atom. The minimum Gasteiger partial charge on any atom is -0.166 e. The van der Waals surface area contributed by atoms with Gasteiger partial charge in [0.05, 0.1) is 5.57 Å². The third kappa shape index (κ3) is 2.02. The molecule has 0 heterocycles. The molecule has 0 spiro atoms. The zero-order valence-electron chi connectivity index (χ0n) is 5.65. The maximum atomic E-state index is 12.0. The SMILES string of the molecule is FC(F)(F)C1=CCCC=C1S. The molecule has 0 bridgehead atoms. The molecule has 1 rings (SSSR count). The Bertz CT molecular complexity index is 212. The first-order valence-electron chi connectivity index (χ1n) is 3.18. The summed E-state index contributed by atoms with van der Waals surface area (Å²) in [7, 11) is 0. The van der Waals surface area contributed by atoms with Gasteiger partial charge in [-0.05, 0) is 12.8 Å². The van der Waals surface area contributed by atoms with Crippen molar-refractivity contribution in [3.8, 4) is 0 Å². The Hall–Kier alpha value is -0.380. The van der Waals surface area contributed by atoms with Crippen LogP contribution in [-0.4, -0.2) is 6.18 Å². The molecule has 0 atom stereocenters. The van der Waals surface area contributed by atoms with Crippen LogP contribution < -0.4 is 0 Å². The van der Waals surface area contributed by atoms with Crippen LogP contribution in [0.15, 0.2) is 22.6 Å². The van der Waals surface area contributed by atoms with E-state index in [1.807, 2.05) is 0 Å². The fourth-order valence-electron chi connectivity index (χ4n) is 0.923. The van der Waals surface area contributed by atoms with E-state index in [4.69, 9.17) is 0 Å². The maximum Gasteiger partial charge on any atom is 0.417 e. The van der Waals surface area contributed by atoms with Gasteiger partial charge in [-0.2, -0.15) is 13.2 Å². The molecule has 62 valence electrons. The molecule has 1 aliphatic rings. The standard InChI is InChI=1S/C7H7F3S/c8-7(9,10)5-3-1-2-4-6(5)11/h3-4,11H,1-2H2. The number of hydrogen-bond donors (Lipinski definition) is 1. The topological polar surface area (TPSA) is 0 Å². The van der Waals surface area contributed by atoms with Crippen LogP contribution in [0.3, 0.4) is 0 Å². The van der Waals surface area contributed by atoms with E-state index in [0.29, 0.717) is 12.8 Å². The molecule has 0 saturated carbocycles. The lowest BCUT2D eigenvalue weighted by Crippen LogP contribution is -2.13. The van der Waals surface area contributed by atoms with Crippen LogP contribution in [0.4, 0.5) is 13.2 Å². The monoisotopic (exact) mass is 180 g/mol. The molecule has 0 aromatic heterocycles. The van der Waals surface area contributed by atoms with E-state index in [9.17, 15) is 13.2 Å². The Labute approximate surface area is 68.2 Å². The van der Waals surface area contributed by atoms with Gasteiger partial charge in [-0.1, -0.05) is 12.2 Å². The lowest BCUT2D eigenvalue weighted by molar-refractivity contribution is -0.0889. The molecule has 0 saturated heterocycles. The van der Waals surface area contributed by atoms with Gasteiger partial charge >= 0.3 is 6.18 Å². The Balaban J connectivity index is 2.87. The number of thiol groups is 1. The van der Waals surface area contributed by atoms with Gasteiger partial charge < -0.3 is 0 Å². The molecule has 0 unspecified atom stereocenters. The molecule has 0 aliphatic heterocycles. The lowest BCUT2D eigenvalue weighted by atomic mass is 10.1. The van der Waals surface area contributed by atoms with E-state index in [1.54, 1.807) is 0 Å². The summed E-state index contributed by atoms with van der Waals surface area (Å²) in [5.41, 5.74) is -0.605. The van der Waals surface area contributed by atoms with Crippen LogP contribution in [0, 0.1) is 0 Å². The highest BCUT2D eigenvalue weighted by Gasteiger charge is 2.35. The first kappa shape index (κ1) is 8.71. The van der Waals surface area contributed by atoms with Crippen molar-refractivity contribution in [3.63, 3.8) is 0 Å². The molecule has 0 amide bonds. The van der Waals surface area contributed by atoms with Gasteiger partial charge in [-0.3, -0.25) is 0 Å². The third-order valence-corrected chi connectivity index (χ3v) is 1.86. The second-order valence-electron chi connectivity index (χ2n) is 2.28. The molecule has 0 radical (unpaired) electrons. The molecule has 0 aromatic rings. The van der Waals surface area contributed by atoms with Crippen molar-refractivity contribution in [1.82, 2.24) is 0 Å². The van der Waals surface area contributed by atoms with Crippen molar-refractivity contribution in [2.24, 2.45) is 0 Å². The Kier molecular flexibility index (Phi) is 2.32. The number of allylic oxidation sites excluding steroid dienone is 3. The molecule has 0 fully saturated rings. The van der Waals surface area contributed by atoms with Crippen molar-refractivity contribution in [2.75, 3.05) is 0 Å². The van der Waals surface area contributed by atoms with Crippen molar-refractivity contribution in [1.29, 1.82) is 0 Å². The van der Waals surface area contributed by atoms with Gasteiger partial charge in [0.2, 0.25) is 0 Å². The number of alkyl halides is 3. The van der Waals surface area contributed by atoms with Gasteiger partial charge in [-0.25, -0.2) is 0 Å². The highest BCUT2D eigenvalue weighted by molar-refractivity contribution is 7.84. The van der Waals surface area contributed by atoms with Crippen molar-refractivity contribution in [3.05, 3.63) is 22.6 Å². The summed E-state index contributed by atoms with van der Waals surface area (Å²) in [6.07, 6.45) is -0.459. The van der Waals surface area contributed by atoms with Crippen LogP contribution in [0.25, 0.3) is 0 Å². The minimum atomic E-state index is -4.24. The van der Waals surface area contributed by atoms with Crippen LogP contribution in [0.1, 0.15) is 12.8 Å². The van der Waals surface area contributed by atoms with E-state index >= 15 is 0 Å². The predicted molar refractivity (Wildman–Crippen MR) is 40.4 cm³/mol.